The van der Waals surface area contributed by atoms with E-state index in [0.717, 1.165) is 18.8 Å². The molecule has 0 saturated carbocycles. The molecule has 2 amide bonds. The molecule has 0 aromatic heterocycles. The molecule has 30 heavy (non-hydrogen) atoms. The van der Waals surface area contributed by atoms with Gasteiger partial charge in [-0.3, -0.25) is 9.59 Å². The molecule has 1 saturated heterocycles. The van der Waals surface area contributed by atoms with Gasteiger partial charge in [0.15, 0.2) is 0 Å². The maximum absolute atomic E-state index is 12.4. The number of benzene rings is 2. The summed E-state index contributed by atoms with van der Waals surface area (Å²) in [5.74, 6) is -0.376. The van der Waals surface area contributed by atoms with E-state index in [1.165, 1.54) is 24.9 Å². The van der Waals surface area contributed by atoms with Crippen molar-refractivity contribution in [1.82, 2.24) is 5.32 Å². The zero-order valence-corrected chi connectivity index (χ0v) is 17.4. The predicted molar refractivity (Wildman–Crippen MR) is 120 cm³/mol. The number of rotatable bonds is 9. The molecule has 1 heterocycles. The van der Waals surface area contributed by atoms with Crippen LogP contribution in [0.4, 0.5) is 17.1 Å². The fraction of sp³-hybridized carbons (Fsp3) is 0.391. The van der Waals surface area contributed by atoms with Crippen LogP contribution in [0, 0.1) is 0 Å². The Morgan fingerprint density at radius 1 is 1.00 bits per heavy atom. The van der Waals surface area contributed by atoms with Crippen molar-refractivity contribution in [3.8, 4) is 0 Å². The van der Waals surface area contributed by atoms with Crippen LogP contribution in [-0.2, 0) is 9.53 Å². The second-order valence-corrected chi connectivity index (χ2v) is 7.29. The molecule has 1 aliphatic heterocycles. The Kier molecular flexibility index (Phi) is 8.09. The van der Waals surface area contributed by atoms with E-state index in [9.17, 15) is 9.59 Å². The van der Waals surface area contributed by atoms with Crippen molar-refractivity contribution in [3.05, 3.63) is 54.1 Å². The normalized spacial score (nSPS) is 13.6. The Morgan fingerprint density at radius 2 is 1.73 bits per heavy atom. The highest BCUT2D eigenvalue weighted by molar-refractivity contribution is 6.00. The number of hydrogen-bond acceptors (Lipinski definition) is 5. The second-order valence-electron chi connectivity index (χ2n) is 7.29. The maximum atomic E-state index is 12.4. The summed E-state index contributed by atoms with van der Waals surface area (Å²) in [6.45, 7) is 3.12. The average Bonchev–Trinajstić information content (AvgIpc) is 2.79. The number of anilines is 3. The van der Waals surface area contributed by atoms with E-state index < -0.39 is 0 Å². The monoisotopic (exact) mass is 410 g/mol. The van der Waals surface area contributed by atoms with Gasteiger partial charge in [0.1, 0.15) is 0 Å². The third-order valence-corrected chi connectivity index (χ3v) is 5.08. The lowest BCUT2D eigenvalue weighted by atomic mass is 10.1. The Morgan fingerprint density at radius 3 is 2.47 bits per heavy atom. The first kappa shape index (κ1) is 21.6. The highest BCUT2D eigenvalue weighted by atomic mass is 16.5. The summed E-state index contributed by atoms with van der Waals surface area (Å²) in [5, 5.41) is 8.74. The van der Waals surface area contributed by atoms with Gasteiger partial charge in [0.05, 0.1) is 18.7 Å². The number of carbonyl (C=O) groups is 2. The molecule has 0 radical (unpaired) electrons. The van der Waals surface area contributed by atoms with E-state index in [0.29, 0.717) is 24.4 Å². The number of amides is 2. The lowest BCUT2D eigenvalue weighted by molar-refractivity contribution is -0.114. The second kappa shape index (κ2) is 11.2. The molecule has 0 atom stereocenters. The molecule has 0 spiro atoms. The van der Waals surface area contributed by atoms with E-state index in [1.807, 2.05) is 30.3 Å². The van der Waals surface area contributed by atoms with E-state index in [2.05, 4.69) is 20.9 Å². The van der Waals surface area contributed by atoms with Crippen molar-refractivity contribution in [2.75, 3.05) is 55.4 Å². The number of methoxy groups -OCH3 is 1. The summed E-state index contributed by atoms with van der Waals surface area (Å²) in [5.41, 5.74) is 3.06. The molecular formula is C23H30N4O3. The molecule has 2 aromatic carbocycles. The minimum atomic E-state index is -0.205. The van der Waals surface area contributed by atoms with Gasteiger partial charge in [-0.05, 0) is 55.7 Å². The Balaban J connectivity index is 1.51. The quantitative estimate of drug-likeness (QED) is 0.554. The van der Waals surface area contributed by atoms with Crippen LogP contribution in [0.25, 0.3) is 0 Å². The minimum absolute atomic E-state index is 0.0657. The van der Waals surface area contributed by atoms with E-state index in [1.54, 1.807) is 25.3 Å². The highest BCUT2D eigenvalue weighted by Crippen LogP contribution is 2.22. The van der Waals surface area contributed by atoms with Crippen LogP contribution in [0.2, 0.25) is 0 Å². The molecule has 0 aliphatic carbocycles. The SMILES string of the molecule is COCCNC(=O)c1ccccc1NCC(=O)Nc1ccc(N2CCCCC2)cc1. The van der Waals surface area contributed by atoms with Crippen LogP contribution < -0.4 is 20.9 Å². The van der Waals surface area contributed by atoms with Gasteiger partial charge in [0.25, 0.3) is 5.91 Å². The summed E-state index contributed by atoms with van der Waals surface area (Å²) in [7, 11) is 1.58. The number of para-hydroxylation sites is 1. The van der Waals surface area contributed by atoms with Crippen molar-refractivity contribution in [3.63, 3.8) is 0 Å². The number of nitrogens with one attached hydrogen (secondary N) is 3. The molecule has 160 valence electrons. The fourth-order valence-electron chi connectivity index (χ4n) is 3.49. The first-order valence-electron chi connectivity index (χ1n) is 10.4. The summed E-state index contributed by atoms with van der Waals surface area (Å²) in [6.07, 6.45) is 3.77. The minimum Gasteiger partial charge on any atom is -0.383 e. The zero-order valence-electron chi connectivity index (χ0n) is 17.4. The number of piperidine rings is 1. The molecule has 7 nitrogen and oxygen atoms in total. The first-order chi connectivity index (χ1) is 14.7. The lowest BCUT2D eigenvalue weighted by Gasteiger charge is -2.28. The van der Waals surface area contributed by atoms with Crippen molar-refractivity contribution in [2.24, 2.45) is 0 Å². The molecule has 1 fully saturated rings. The molecule has 3 N–H and O–H groups in total. The summed E-state index contributed by atoms with van der Waals surface area (Å²) in [6, 6.07) is 15.1. The molecule has 0 bridgehead atoms. The van der Waals surface area contributed by atoms with Gasteiger partial charge in [-0.15, -0.1) is 0 Å². The molecule has 2 aromatic rings. The highest BCUT2D eigenvalue weighted by Gasteiger charge is 2.13. The van der Waals surface area contributed by atoms with Crippen molar-refractivity contribution in [2.45, 2.75) is 19.3 Å². The Bertz CT molecular complexity index is 833. The summed E-state index contributed by atoms with van der Waals surface area (Å²) in [4.78, 5) is 27.1. The van der Waals surface area contributed by atoms with Gasteiger partial charge in [-0.25, -0.2) is 0 Å². The first-order valence-corrected chi connectivity index (χ1v) is 10.4. The van der Waals surface area contributed by atoms with E-state index in [-0.39, 0.29) is 18.4 Å². The van der Waals surface area contributed by atoms with Crippen molar-refractivity contribution >= 4 is 28.9 Å². The average molecular weight is 411 g/mol. The third kappa shape index (κ3) is 6.22. The molecular weight excluding hydrogens is 380 g/mol. The van der Waals surface area contributed by atoms with Gasteiger partial charge in [0, 0.05) is 43.8 Å². The van der Waals surface area contributed by atoms with Crippen LogP contribution in [-0.4, -0.2) is 51.7 Å². The van der Waals surface area contributed by atoms with Crippen LogP contribution in [0.3, 0.4) is 0 Å². The Hall–Kier alpha value is -3.06. The lowest BCUT2D eigenvalue weighted by Crippen LogP contribution is -2.29. The summed E-state index contributed by atoms with van der Waals surface area (Å²) < 4.78 is 4.95. The van der Waals surface area contributed by atoms with Crippen molar-refractivity contribution < 1.29 is 14.3 Å². The fourth-order valence-corrected chi connectivity index (χ4v) is 3.49. The standard InChI is InChI=1S/C23H30N4O3/c1-30-16-13-24-23(29)20-7-3-4-8-21(20)25-17-22(28)26-18-9-11-19(12-10-18)27-14-5-2-6-15-27/h3-4,7-12,25H,2,5-6,13-17H2,1H3,(H,24,29)(H,26,28). The zero-order chi connectivity index (χ0) is 21.2. The number of carbonyl (C=O) groups excluding carboxylic acids is 2. The van der Waals surface area contributed by atoms with Crippen LogP contribution in [0.15, 0.2) is 48.5 Å². The number of nitrogens with zero attached hydrogens (tertiary/aromatic N) is 1. The topological polar surface area (TPSA) is 82.7 Å². The molecule has 0 unspecified atom stereocenters. The molecule has 7 heteroatoms. The van der Waals surface area contributed by atoms with Gasteiger partial charge in [0.2, 0.25) is 5.91 Å². The van der Waals surface area contributed by atoms with Crippen LogP contribution >= 0.6 is 0 Å². The third-order valence-electron chi connectivity index (χ3n) is 5.08. The predicted octanol–water partition coefficient (Wildman–Crippen LogP) is 3.10. The van der Waals surface area contributed by atoms with Crippen LogP contribution in [0.5, 0.6) is 0 Å². The van der Waals surface area contributed by atoms with Gasteiger partial charge >= 0.3 is 0 Å². The van der Waals surface area contributed by atoms with E-state index >= 15 is 0 Å². The summed E-state index contributed by atoms with van der Waals surface area (Å²) >= 11 is 0. The van der Waals surface area contributed by atoms with E-state index in [4.69, 9.17) is 4.74 Å². The largest absolute Gasteiger partial charge is 0.383 e. The number of hydrogen-bond donors (Lipinski definition) is 3. The molecule has 1 aliphatic rings. The van der Waals surface area contributed by atoms with Gasteiger partial charge in [-0.1, -0.05) is 12.1 Å². The van der Waals surface area contributed by atoms with Crippen LogP contribution in [0.1, 0.15) is 29.6 Å². The van der Waals surface area contributed by atoms with Gasteiger partial charge in [-0.2, -0.15) is 0 Å². The van der Waals surface area contributed by atoms with Crippen molar-refractivity contribution in [1.29, 1.82) is 0 Å². The van der Waals surface area contributed by atoms with Gasteiger partial charge < -0.3 is 25.6 Å². The maximum Gasteiger partial charge on any atom is 0.253 e. The molecule has 3 rings (SSSR count). The Labute approximate surface area is 177 Å². The number of ether oxygens (including phenoxy) is 1. The smallest absolute Gasteiger partial charge is 0.253 e.